The van der Waals surface area contributed by atoms with Crippen LogP contribution in [0.2, 0.25) is 0 Å². The number of carbonyl (C=O) groups excluding carboxylic acids is 2. The maximum Gasteiger partial charge on any atom is 0.240 e. The van der Waals surface area contributed by atoms with E-state index in [9.17, 15) is 14.7 Å². The number of amides is 2. The first kappa shape index (κ1) is 18.4. The molecule has 7 nitrogen and oxygen atoms in total. The van der Waals surface area contributed by atoms with Crippen LogP contribution in [0, 0.1) is 0 Å². The standard InChI is InChI=1S/C15H25N3O4.ClH/c19-11-3-5-17(9-11)14(20)8-13-15(21)18(6-4-16-13)10-12-2-1-7-22-12;/h11-13,16,19H,1-10H2;1H. The van der Waals surface area contributed by atoms with Gasteiger partial charge in [-0.05, 0) is 19.3 Å². The van der Waals surface area contributed by atoms with Crippen LogP contribution in [0.3, 0.4) is 0 Å². The topological polar surface area (TPSA) is 82.1 Å². The zero-order valence-corrected chi connectivity index (χ0v) is 14.1. The van der Waals surface area contributed by atoms with Crippen LogP contribution in [0.4, 0.5) is 0 Å². The Morgan fingerprint density at radius 1 is 1.35 bits per heavy atom. The van der Waals surface area contributed by atoms with E-state index in [2.05, 4.69) is 5.32 Å². The summed E-state index contributed by atoms with van der Waals surface area (Å²) in [5.41, 5.74) is 0. The van der Waals surface area contributed by atoms with Gasteiger partial charge in [0.05, 0.1) is 24.7 Å². The highest BCUT2D eigenvalue weighted by Gasteiger charge is 2.34. The molecular weight excluding hydrogens is 322 g/mol. The van der Waals surface area contributed by atoms with Crippen molar-refractivity contribution in [1.29, 1.82) is 0 Å². The molecule has 0 saturated carbocycles. The third kappa shape index (κ3) is 4.56. The Labute approximate surface area is 142 Å². The van der Waals surface area contributed by atoms with Crippen molar-refractivity contribution in [2.45, 2.75) is 43.9 Å². The Bertz CT molecular complexity index is 431. The molecule has 0 aromatic carbocycles. The van der Waals surface area contributed by atoms with E-state index >= 15 is 0 Å². The molecule has 2 N–H and O–H groups in total. The molecule has 3 fully saturated rings. The number of aliphatic hydroxyl groups is 1. The lowest BCUT2D eigenvalue weighted by Crippen LogP contribution is -2.57. The average Bonchev–Trinajstić information content (AvgIpc) is 3.15. The first-order chi connectivity index (χ1) is 10.6. The summed E-state index contributed by atoms with van der Waals surface area (Å²) in [4.78, 5) is 28.2. The Hall–Kier alpha value is -0.890. The maximum absolute atomic E-state index is 12.5. The van der Waals surface area contributed by atoms with Crippen molar-refractivity contribution in [1.82, 2.24) is 15.1 Å². The number of hydrogen-bond donors (Lipinski definition) is 2. The highest BCUT2D eigenvalue weighted by Crippen LogP contribution is 2.17. The fourth-order valence-electron chi connectivity index (χ4n) is 3.44. The van der Waals surface area contributed by atoms with Gasteiger partial charge in [0.2, 0.25) is 11.8 Å². The van der Waals surface area contributed by atoms with E-state index in [1.54, 1.807) is 4.90 Å². The number of β-amino-alcohol motifs (C(OH)–C–C–N with tert-alkyl or cyclic N) is 1. The summed E-state index contributed by atoms with van der Waals surface area (Å²) < 4.78 is 5.60. The van der Waals surface area contributed by atoms with Gasteiger partial charge in [0.15, 0.2) is 0 Å². The van der Waals surface area contributed by atoms with E-state index in [4.69, 9.17) is 4.74 Å². The number of aliphatic hydroxyl groups excluding tert-OH is 1. The largest absolute Gasteiger partial charge is 0.391 e. The van der Waals surface area contributed by atoms with Gasteiger partial charge in [0, 0.05) is 39.3 Å². The quantitative estimate of drug-likeness (QED) is 0.707. The lowest BCUT2D eigenvalue weighted by atomic mass is 10.1. The molecule has 0 radical (unpaired) electrons. The number of rotatable bonds is 4. The number of piperazine rings is 1. The minimum Gasteiger partial charge on any atom is -0.391 e. The summed E-state index contributed by atoms with van der Waals surface area (Å²) >= 11 is 0. The van der Waals surface area contributed by atoms with Gasteiger partial charge in [-0.2, -0.15) is 0 Å². The molecule has 3 aliphatic heterocycles. The molecule has 3 unspecified atom stereocenters. The Morgan fingerprint density at radius 2 is 2.17 bits per heavy atom. The summed E-state index contributed by atoms with van der Waals surface area (Å²) in [7, 11) is 0. The smallest absolute Gasteiger partial charge is 0.240 e. The van der Waals surface area contributed by atoms with Crippen LogP contribution in [-0.2, 0) is 14.3 Å². The lowest BCUT2D eigenvalue weighted by Gasteiger charge is -2.34. The zero-order chi connectivity index (χ0) is 15.5. The van der Waals surface area contributed by atoms with Gasteiger partial charge in [-0.3, -0.25) is 9.59 Å². The number of nitrogens with zero attached hydrogens (tertiary/aromatic N) is 2. The second kappa shape index (κ2) is 8.28. The van der Waals surface area contributed by atoms with E-state index < -0.39 is 12.1 Å². The summed E-state index contributed by atoms with van der Waals surface area (Å²) in [5.74, 6) is -0.0591. The van der Waals surface area contributed by atoms with Crippen LogP contribution >= 0.6 is 12.4 Å². The van der Waals surface area contributed by atoms with Crippen molar-refractivity contribution in [3.05, 3.63) is 0 Å². The van der Waals surface area contributed by atoms with Crippen molar-refractivity contribution in [2.24, 2.45) is 0 Å². The molecule has 0 aliphatic carbocycles. The van der Waals surface area contributed by atoms with Crippen LogP contribution in [0.15, 0.2) is 0 Å². The molecule has 2 amide bonds. The van der Waals surface area contributed by atoms with Crippen LogP contribution in [0.25, 0.3) is 0 Å². The number of ether oxygens (including phenoxy) is 1. The number of nitrogens with one attached hydrogen (secondary N) is 1. The summed E-state index contributed by atoms with van der Waals surface area (Å²) in [5, 5.41) is 12.7. The fraction of sp³-hybridized carbons (Fsp3) is 0.867. The van der Waals surface area contributed by atoms with Crippen LogP contribution < -0.4 is 5.32 Å². The second-order valence-corrected chi connectivity index (χ2v) is 6.41. The zero-order valence-electron chi connectivity index (χ0n) is 13.3. The molecule has 3 heterocycles. The molecule has 0 aromatic heterocycles. The lowest BCUT2D eigenvalue weighted by molar-refractivity contribution is -0.141. The molecule has 3 aliphatic rings. The normalized spacial score (nSPS) is 31.3. The minimum absolute atomic E-state index is 0. The molecule has 0 bridgehead atoms. The van der Waals surface area contributed by atoms with Crippen molar-refractivity contribution in [3.8, 4) is 0 Å². The first-order valence-corrected chi connectivity index (χ1v) is 8.23. The van der Waals surface area contributed by atoms with Crippen LogP contribution in [0.5, 0.6) is 0 Å². The van der Waals surface area contributed by atoms with Gasteiger partial charge < -0.3 is 25.0 Å². The van der Waals surface area contributed by atoms with Crippen LogP contribution in [-0.4, -0.2) is 84.3 Å². The van der Waals surface area contributed by atoms with E-state index in [0.717, 1.165) is 19.4 Å². The van der Waals surface area contributed by atoms with Crippen molar-refractivity contribution < 1.29 is 19.4 Å². The third-order valence-corrected chi connectivity index (χ3v) is 4.73. The molecule has 3 saturated heterocycles. The Balaban J connectivity index is 0.00000192. The molecule has 132 valence electrons. The van der Waals surface area contributed by atoms with Gasteiger partial charge in [-0.15, -0.1) is 12.4 Å². The summed E-state index contributed by atoms with van der Waals surface area (Å²) in [6.45, 7) is 3.77. The van der Waals surface area contributed by atoms with Crippen LogP contribution in [0.1, 0.15) is 25.7 Å². The van der Waals surface area contributed by atoms with E-state index in [1.807, 2.05) is 4.90 Å². The molecular formula is C15H26ClN3O4. The highest BCUT2D eigenvalue weighted by atomic mass is 35.5. The molecule has 3 atom stereocenters. The van der Waals surface area contributed by atoms with E-state index in [1.165, 1.54) is 0 Å². The average molecular weight is 348 g/mol. The van der Waals surface area contributed by atoms with Gasteiger partial charge in [-0.1, -0.05) is 0 Å². The summed E-state index contributed by atoms with van der Waals surface area (Å²) in [6.07, 6.45) is 2.59. The maximum atomic E-state index is 12.5. The number of likely N-dealkylation sites (tertiary alicyclic amines) is 1. The van der Waals surface area contributed by atoms with Crippen molar-refractivity contribution in [3.63, 3.8) is 0 Å². The second-order valence-electron chi connectivity index (χ2n) is 6.41. The molecule has 3 rings (SSSR count). The van der Waals surface area contributed by atoms with Gasteiger partial charge in [0.25, 0.3) is 0 Å². The van der Waals surface area contributed by atoms with Gasteiger partial charge in [-0.25, -0.2) is 0 Å². The molecule has 0 aromatic rings. The number of halogens is 1. The molecule has 8 heteroatoms. The van der Waals surface area contributed by atoms with E-state index in [0.29, 0.717) is 39.1 Å². The van der Waals surface area contributed by atoms with Gasteiger partial charge >= 0.3 is 0 Å². The highest BCUT2D eigenvalue weighted by molar-refractivity contribution is 5.89. The SMILES string of the molecule is Cl.O=C(CC1NCCN(CC2CCCO2)C1=O)N1CCC(O)C1. The monoisotopic (exact) mass is 347 g/mol. The molecule has 0 spiro atoms. The predicted molar refractivity (Wildman–Crippen MR) is 86.4 cm³/mol. The molecule has 23 heavy (non-hydrogen) atoms. The predicted octanol–water partition coefficient (Wildman–Crippen LogP) is -0.629. The third-order valence-electron chi connectivity index (χ3n) is 4.73. The van der Waals surface area contributed by atoms with Gasteiger partial charge in [0.1, 0.15) is 0 Å². The number of carbonyl (C=O) groups is 2. The van der Waals surface area contributed by atoms with Crippen molar-refractivity contribution >= 4 is 24.2 Å². The van der Waals surface area contributed by atoms with E-state index in [-0.39, 0.29) is 36.7 Å². The Kier molecular flexibility index (Phi) is 6.64. The minimum atomic E-state index is -0.444. The first-order valence-electron chi connectivity index (χ1n) is 8.23. The number of hydrogen-bond acceptors (Lipinski definition) is 5. The summed E-state index contributed by atoms with van der Waals surface area (Å²) in [6, 6.07) is -0.444. The fourth-order valence-corrected chi connectivity index (χ4v) is 3.44. The Morgan fingerprint density at radius 3 is 2.83 bits per heavy atom. The van der Waals surface area contributed by atoms with Crippen molar-refractivity contribution in [2.75, 3.05) is 39.3 Å².